The van der Waals surface area contributed by atoms with Gasteiger partial charge in [0, 0.05) is 33.7 Å². The first-order valence-electron chi connectivity index (χ1n) is 8.57. The summed E-state index contributed by atoms with van der Waals surface area (Å²) in [6, 6.07) is 0.0691. The third kappa shape index (κ3) is 4.87. The number of nitrogens with zero attached hydrogens (tertiary/aromatic N) is 3. The molecule has 1 amide bonds. The SMILES string of the molecule is CN(C)C(=O)C1CCCN1CCCNC(N)=NCC1CCC1. The number of aliphatic imine (C=N–C) groups is 1. The van der Waals surface area contributed by atoms with E-state index in [0.717, 1.165) is 51.4 Å². The Kier molecular flexibility index (Phi) is 6.49. The normalized spacial score (nSPS) is 23.4. The molecule has 126 valence electrons. The quantitative estimate of drug-likeness (QED) is 0.411. The Morgan fingerprint density at radius 3 is 2.73 bits per heavy atom. The molecule has 1 heterocycles. The van der Waals surface area contributed by atoms with Crippen molar-refractivity contribution in [3.05, 3.63) is 0 Å². The highest BCUT2D eigenvalue weighted by molar-refractivity contribution is 5.81. The van der Waals surface area contributed by atoms with E-state index < -0.39 is 0 Å². The van der Waals surface area contributed by atoms with E-state index >= 15 is 0 Å². The van der Waals surface area contributed by atoms with Crippen LogP contribution in [0.15, 0.2) is 4.99 Å². The first kappa shape index (κ1) is 17.1. The summed E-state index contributed by atoms with van der Waals surface area (Å²) in [7, 11) is 3.67. The Hall–Kier alpha value is -1.30. The van der Waals surface area contributed by atoms with Crippen LogP contribution >= 0.6 is 0 Å². The van der Waals surface area contributed by atoms with Gasteiger partial charge in [-0.3, -0.25) is 14.7 Å². The van der Waals surface area contributed by atoms with Crippen LogP contribution in [0.25, 0.3) is 0 Å². The molecule has 1 unspecified atom stereocenters. The van der Waals surface area contributed by atoms with Crippen molar-refractivity contribution in [1.29, 1.82) is 0 Å². The molecule has 3 N–H and O–H groups in total. The summed E-state index contributed by atoms with van der Waals surface area (Å²) in [5, 5.41) is 3.18. The monoisotopic (exact) mass is 309 g/mol. The van der Waals surface area contributed by atoms with Crippen molar-refractivity contribution >= 4 is 11.9 Å². The van der Waals surface area contributed by atoms with Gasteiger partial charge in [0.15, 0.2) is 5.96 Å². The summed E-state index contributed by atoms with van der Waals surface area (Å²) in [6.45, 7) is 3.65. The highest BCUT2D eigenvalue weighted by atomic mass is 16.2. The van der Waals surface area contributed by atoms with E-state index in [1.54, 1.807) is 4.90 Å². The maximum atomic E-state index is 12.1. The maximum Gasteiger partial charge on any atom is 0.239 e. The van der Waals surface area contributed by atoms with E-state index in [2.05, 4.69) is 15.2 Å². The molecule has 1 atom stereocenters. The van der Waals surface area contributed by atoms with Gasteiger partial charge in [-0.15, -0.1) is 0 Å². The molecule has 1 saturated heterocycles. The van der Waals surface area contributed by atoms with Crippen molar-refractivity contribution in [1.82, 2.24) is 15.1 Å². The first-order chi connectivity index (χ1) is 10.6. The predicted octanol–water partition coefficient (Wildman–Crippen LogP) is 0.634. The topological polar surface area (TPSA) is 74.0 Å². The van der Waals surface area contributed by atoms with E-state index in [0.29, 0.717) is 5.96 Å². The number of nitrogens with two attached hydrogens (primary N) is 1. The molecule has 1 aliphatic heterocycles. The number of carbonyl (C=O) groups excluding carboxylic acids is 1. The van der Waals surface area contributed by atoms with Crippen molar-refractivity contribution in [3.63, 3.8) is 0 Å². The average molecular weight is 309 g/mol. The second kappa shape index (κ2) is 8.36. The van der Waals surface area contributed by atoms with E-state index in [1.807, 2.05) is 14.1 Å². The number of nitrogens with one attached hydrogen (secondary N) is 1. The molecule has 2 rings (SSSR count). The van der Waals surface area contributed by atoms with Crippen LogP contribution in [0, 0.1) is 5.92 Å². The van der Waals surface area contributed by atoms with E-state index in [-0.39, 0.29) is 11.9 Å². The van der Waals surface area contributed by atoms with E-state index in [9.17, 15) is 4.79 Å². The summed E-state index contributed by atoms with van der Waals surface area (Å²) in [6.07, 6.45) is 7.02. The van der Waals surface area contributed by atoms with Gasteiger partial charge in [-0.05, 0) is 44.6 Å². The van der Waals surface area contributed by atoms with Crippen molar-refractivity contribution in [3.8, 4) is 0 Å². The van der Waals surface area contributed by atoms with Gasteiger partial charge in [-0.2, -0.15) is 0 Å². The average Bonchev–Trinajstić information content (AvgIpc) is 2.89. The Bertz CT molecular complexity index is 392. The number of hydrogen-bond acceptors (Lipinski definition) is 3. The van der Waals surface area contributed by atoms with Gasteiger partial charge in [0.05, 0.1) is 6.04 Å². The Labute approximate surface area is 134 Å². The van der Waals surface area contributed by atoms with Crippen molar-refractivity contribution in [2.45, 2.75) is 44.6 Å². The number of carbonyl (C=O) groups is 1. The first-order valence-corrected chi connectivity index (χ1v) is 8.57. The van der Waals surface area contributed by atoms with Gasteiger partial charge in [0.25, 0.3) is 0 Å². The van der Waals surface area contributed by atoms with Crippen molar-refractivity contribution < 1.29 is 4.79 Å². The zero-order valence-electron chi connectivity index (χ0n) is 14.1. The van der Waals surface area contributed by atoms with Crippen LogP contribution in [0.2, 0.25) is 0 Å². The number of amides is 1. The molecule has 0 radical (unpaired) electrons. The summed E-state index contributed by atoms with van der Waals surface area (Å²) in [5.74, 6) is 1.55. The highest BCUT2D eigenvalue weighted by Gasteiger charge is 2.30. The summed E-state index contributed by atoms with van der Waals surface area (Å²) in [5.41, 5.74) is 5.87. The van der Waals surface area contributed by atoms with Crippen LogP contribution < -0.4 is 11.1 Å². The third-order valence-corrected chi connectivity index (χ3v) is 4.76. The van der Waals surface area contributed by atoms with Crippen molar-refractivity contribution in [2.75, 3.05) is 40.3 Å². The molecule has 0 bridgehead atoms. The van der Waals surface area contributed by atoms with Crippen molar-refractivity contribution in [2.24, 2.45) is 16.6 Å². The molecule has 0 aromatic heterocycles. The minimum Gasteiger partial charge on any atom is -0.370 e. The largest absolute Gasteiger partial charge is 0.370 e. The van der Waals surface area contributed by atoms with Gasteiger partial charge in [-0.1, -0.05) is 6.42 Å². The van der Waals surface area contributed by atoms with Crippen LogP contribution in [-0.4, -0.2) is 68.0 Å². The molecule has 6 heteroatoms. The Morgan fingerprint density at radius 1 is 1.32 bits per heavy atom. The predicted molar refractivity (Wildman–Crippen MR) is 89.7 cm³/mol. The van der Waals surface area contributed by atoms with E-state index in [1.165, 1.54) is 19.3 Å². The smallest absolute Gasteiger partial charge is 0.239 e. The second-order valence-corrected chi connectivity index (χ2v) is 6.73. The molecule has 1 saturated carbocycles. The molecular weight excluding hydrogens is 278 g/mol. The lowest BCUT2D eigenvalue weighted by atomic mass is 9.86. The fraction of sp³-hybridized carbons (Fsp3) is 0.875. The molecule has 2 fully saturated rings. The van der Waals surface area contributed by atoms with Crippen LogP contribution in [0.5, 0.6) is 0 Å². The number of rotatable bonds is 7. The fourth-order valence-corrected chi connectivity index (χ4v) is 3.13. The Balaban J connectivity index is 1.62. The standard InChI is InChI=1S/C16H31N5O/c1-20(2)15(22)14-8-4-10-21(14)11-5-9-18-16(17)19-12-13-6-3-7-13/h13-14H,3-12H2,1-2H3,(H3,17,18,19). The zero-order valence-corrected chi connectivity index (χ0v) is 14.1. The molecule has 0 aromatic carbocycles. The van der Waals surface area contributed by atoms with Crippen LogP contribution in [-0.2, 0) is 4.79 Å². The minimum absolute atomic E-state index is 0.0691. The summed E-state index contributed by atoms with van der Waals surface area (Å²) >= 11 is 0. The molecule has 1 aliphatic carbocycles. The number of likely N-dealkylation sites (N-methyl/N-ethyl adjacent to an activating group) is 1. The number of hydrogen-bond donors (Lipinski definition) is 2. The second-order valence-electron chi connectivity index (χ2n) is 6.73. The van der Waals surface area contributed by atoms with Gasteiger partial charge in [-0.25, -0.2) is 0 Å². The van der Waals surface area contributed by atoms with Gasteiger partial charge >= 0.3 is 0 Å². The third-order valence-electron chi connectivity index (χ3n) is 4.76. The summed E-state index contributed by atoms with van der Waals surface area (Å²) < 4.78 is 0. The van der Waals surface area contributed by atoms with Crippen LogP contribution in [0.4, 0.5) is 0 Å². The van der Waals surface area contributed by atoms with Gasteiger partial charge in [0.2, 0.25) is 5.91 Å². The van der Waals surface area contributed by atoms with E-state index in [4.69, 9.17) is 5.73 Å². The van der Waals surface area contributed by atoms with Gasteiger partial charge < -0.3 is 16.0 Å². The maximum absolute atomic E-state index is 12.1. The number of guanidine groups is 1. The Morgan fingerprint density at radius 2 is 2.09 bits per heavy atom. The van der Waals surface area contributed by atoms with Gasteiger partial charge in [0.1, 0.15) is 0 Å². The van der Waals surface area contributed by atoms with Crippen LogP contribution in [0.3, 0.4) is 0 Å². The fourth-order valence-electron chi connectivity index (χ4n) is 3.13. The lowest BCUT2D eigenvalue weighted by Gasteiger charge is -2.26. The summed E-state index contributed by atoms with van der Waals surface area (Å²) in [4.78, 5) is 20.5. The number of likely N-dealkylation sites (tertiary alicyclic amines) is 1. The van der Waals surface area contributed by atoms with Crippen LogP contribution in [0.1, 0.15) is 38.5 Å². The molecular formula is C16H31N5O. The molecule has 2 aliphatic rings. The zero-order chi connectivity index (χ0) is 15.9. The minimum atomic E-state index is 0.0691. The molecule has 0 aromatic rings. The molecule has 6 nitrogen and oxygen atoms in total. The lowest BCUT2D eigenvalue weighted by molar-refractivity contribution is -0.133. The lowest BCUT2D eigenvalue weighted by Crippen LogP contribution is -2.43. The highest BCUT2D eigenvalue weighted by Crippen LogP contribution is 2.26. The molecule has 22 heavy (non-hydrogen) atoms. The molecule has 0 spiro atoms.